The zero-order valence-electron chi connectivity index (χ0n) is 15.7. The van der Waals surface area contributed by atoms with Crippen LogP contribution in [0, 0.1) is 5.82 Å². The molecule has 0 saturated carbocycles. The molecule has 0 unspecified atom stereocenters. The molecule has 29 heavy (non-hydrogen) atoms. The van der Waals surface area contributed by atoms with Crippen molar-refractivity contribution in [1.29, 1.82) is 0 Å². The number of fused-ring (bicyclic) bond motifs is 1. The Balaban J connectivity index is 1.91. The molecule has 0 fully saturated rings. The first kappa shape index (κ1) is 18.9. The van der Waals surface area contributed by atoms with Crippen LogP contribution in [0.4, 0.5) is 21.6 Å². The summed E-state index contributed by atoms with van der Waals surface area (Å²) in [5.74, 6) is -0.233. The molecule has 4 rings (SSSR count). The van der Waals surface area contributed by atoms with Gasteiger partial charge < -0.3 is 16.0 Å². The lowest BCUT2D eigenvalue weighted by Crippen LogP contribution is -2.15. The number of nitrogen functional groups attached to an aromatic ring is 1. The number of nitrogens with zero attached hydrogens (tertiary/aromatic N) is 2. The molecule has 3 aromatic heterocycles. The summed E-state index contributed by atoms with van der Waals surface area (Å²) < 4.78 is 14.4. The Bertz CT molecular complexity index is 1280. The van der Waals surface area contributed by atoms with Crippen LogP contribution in [0.5, 0.6) is 0 Å². The number of anilines is 3. The smallest absolute Gasteiger partial charge is 0.256 e. The molecule has 0 atom stereocenters. The van der Waals surface area contributed by atoms with E-state index in [1.807, 2.05) is 13.8 Å². The van der Waals surface area contributed by atoms with E-state index >= 15 is 0 Å². The van der Waals surface area contributed by atoms with Crippen LogP contribution in [-0.2, 0) is 0 Å². The highest BCUT2D eigenvalue weighted by atomic mass is 35.5. The first-order chi connectivity index (χ1) is 13.8. The van der Waals surface area contributed by atoms with Crippen molar-refractivity contribution in [3.05, 3.63) is 63.4 Å². The number of hydrogen-bond donors (Lipinski definition) is 4. The van der Waals surface area contributed by atoms with Crippen molar-refractivity contribution in [2.24, 2.45) is 0 Å². The maximum Gasteiger partial charge on any atom is 0.256 e. The van der Waals surface area contributed by atoms with Gasteiger partial charge >= 0.3 is 0 Å². The largest absolute Gasteiger partial charge is 0.382 e. The highest BCUT2D eigenvalue weighted by Crippen LogP contribution is 2.33. The third-order valence-electron chi connectivity index (χ3n) is 4.63. The van der Waals surface area contributed by atoms with E-state index in [9.17, 15) is 9.18 Å². The predicted octanol–water partition coefficient (Wildman–Crippen LogP) is 4.55. The van der Waals surface area contributed by atoms with E-state index in [1.165, 1.54) is 18.2 Å². The highest BCUT2D eigenvalue weighted by molar-refractivity contribution is 6.30. The van der Waals surface area contributed by atoms with Gasteiger partial charge in [-0.1, -0.05) is 25.4 Å². The molecular formula is C20H18ClFN6O. The maximum atomic E-state index is 14.4. The van der Waals surface area contributed by atoms with Crippen LogP contribution >= 0.6 is 11.6 Å². The van der Waals surface area contributed by atoms with Crippen molar-refractivity contribution in [2.75, 3.05) is 11.1 Å². The highest BCUT2D eigenvalue weighted by Gasteiger charge is 2.17. The Kier molecular flexibility index (Phi) is 4.71. The van der Waals surface area contributed by atoms with Gasteiger partial charge in [0.1, 0.15) is 5.82 Å². The Morgan fingerprint density at radius 1 is 1.17 bits per heavy atom. The fraction of sp³-hybridized carbons (Fsp3) is 0.150. The van der Waals surface area contributed by atoms with Gasteiger partial charge in [-0.25, -0.2) is 9.37 Å². The molecule has 148 valence electrons. The van der Waals surface area contributed by atoms with Crippen LogP contribution < -0.4 is 16.6 Å². The molecule has 0 aliphatic carbocycles. The van der Waals surface area contributed by atoms with Gasteiger partial charge in [0, 0.05) is 22.5 Å². The first-order valence-corrected chi connectivity index (χ1v) is 9.31. The zero-order chi connectivity index (χ0) is 20.7. The number of pyridine rings is 2. The monoisotopic (exact) mass is 412 g/mol. The second kappa shape index (κ2) is 7.21. The lowest BCUT2D eigenvalue weighted by Gasteiger charge is -2.17. The number of H-pyrrole nitrogens is 2. The van der Waals surface area contributed by atoms with Gasteiger partial charge in [-0.2, -0.15) is 5.10 Å². The summed E-state index contributed by atoms with van der Waals surface area (Å²) in [6, 6.07) is 7.47. The standard InChI is InChI=1S/C20H18ClFN6O/c1-9(2)17-15(25-14-5-6-24-19-16(14)18(23)27-28-19)8-12(20(29)26-17)11-7-10(21)3-4-13(11)22/h3-9H,1-2H3,(H,26,29)(H4,23,24,25,27,28). The second-order valence-electron chi connectivity index (χ2n) is 6.93. The number of nitrogens with one attached hydrogen (secondary N) is 3. The normalized spacial score (nSPS) is 11.3. The van der Waals surface area contributed by atoms with Gasteiger partial charge in [0.05, 0.1) is 22.3 Å². The average Bonchev–Trinajstić information content (AvgIpc) is 3.07. The minimum absolute atomic E-state index is 0.00230. The maximum absolute atomic E-state index is 14.4. The minimum atomic E-state index is -0.534. The van der Waals surface area contributed by atoms with Crippen molar-refractivity contribution in [1.82, 2.24) is 20.2 Å². The Morgan fingerprint density at radius 3 is 2.72 bits per heavy atom. The van der Waals surface area contributed by atoms with E-state index in [1.54, 1.807) is 18.3 Å². The summed E-state index contributed by atoms with van der Waals surface area (Å²) in [6.07, 6.45) is 1.61. The molecule has 0 aliphatic heterocycles. The molecule has 7 nitrogen and oxygen atoms in total. The van der Waals surface area contributed by atoms with Crippen LogP contribution in [0.1, 0.15) is 25.5 Å². The molecule has 9 heteroatoms. The number of hydrogen-bond acceptors (Lipinski definition) is 5. The van der Waals surface area contributed by atoms with Crippen molar-refractivity contribution < 1.29 is 4.39 Å². The van der Waals surface area contributed by atoms with Gasteiger partial charge in [0.25, 0.3) is 5.56 Å². The van der Waals surface area contributed by atoms with Gasteiger partial charge in [0.2, 0.25) is 0 Å². The number of benzene rings is 1. The molecule has 5 N–H and O–H groups in total. The number of nitrogens with two attached hydrogens (primary N) is 1. The Labute approximate surface area is 170 Å². The molecule has 0 amide bonds. The zero-order valence-corrected chi connectivity index (χ0v) is 16.4. The quantitative estimate of drug-likeness (QED) is 0.392. The summed E-state index contributed by atoms with van der Waals surface area (Å²) in [4.78, 5) is 19.8. The van der Waals surface area contributed by atoms with Crippen LogP contribution in [-0.4, -0.2) is 20.2 Å². The van der Waals surface area contributed by atoms with Crippen molar-refractivity contribution in [2.45, 2.75) is 19.8 Å². The predicted molar refractivity (Wildman–Crippen MR) is 113 cm³/mol. The van der Waals surface area contributed by atoms with Gasteiger partial charge in [-0.3, -0.25) is 9.89 Å². The van der Waals surface area contributed by atoms with Crippen molar-refractivity contribution >= 4 is 39.8 Å². The molecule has 0 saturated heterocycles. The van der Waals surface area contributed by atoms with E-state index in [-0.39, 0.29) is 17.0 Å². The number of aromatic amines is 2. The van der Waals surface area contributed by atoms with Gasteiger partial charge in [-0.15, -0.1) is 0 Å². The van der Waals surface area contributed by atoms with Gasteiger partial charge in [-0.05, 0) is 36.2 Å². The molecule has 4 aromatic rings. The van der Waals surface area contributed by atoms with Crippen LogP contribution in [0.2, 0.25) is 5.02 Å². The van der Waals surface area contributed by atoms with Crippen LogP contribution in [0.15, 0.2) is 41.3 Å². The third-order valence-corrected chi connectivity index (χ3v) is 4.86. The third kappa shape index (κ3) is 3.42. The van der Waals surface area contributed by atoms with E-state index in [0.717, 1.165) is 0 Å². The Hall–Kier alpha value is -3.39. The molecule has 1 aromatic carbocycles. The number of rotatable bonds is 4. The Morgan fingerprint density at radius 2 is 1.97 bits per heavy atom. The summed E-state index contributed by atoms with van der Waals surface area (Å²) in [7, 11) is 0. The number of aromatic nitrogens is 4. The topological polar surface area (TPSA) is 112 Å². The van der Waals surface area contributed by atoms with E-state index < -0.39 is 11.4 Å². The van der Waals surface area contributed by atoms with Crippen molar-refractivity contribution in [3.63, 3.8) is 0 Å². The number of halogens is 2. The lowest BCUT2D eigenvalue weighted by atomic mass is 10.0. The molecule has 0 spiro atoms. The fourth-order valence-electron chi connectivity index (χ4n) is 3.23. The van der Waals surface area contributed by atoms with Crippen LogP contribution in [0.3, 0.4) is 0 Å². The second-order valence-corrected chi connectivity index (χ2v) is 7.37. The minimum Gasteiger partial charge on any atom is -0.382 e. The van der Waals surface area contributed by atoms with E-state index in [4.69, 9.17) is 17.3 Å². The van der Waals surface area contributed by atoms with E-state index in [2.05, 4.69) is 25.5 Å². The molecule has 3 heterocycles. The summed E-state index contributed by atoms with van der Waals surface area (Å²) in [5, 5.41) is 11.0. The lowest BCUT2D eigenvalue weighted by molar-refractivity contribution is 0.631. The van der Waals surface area contributed by atoms with Crippen molar-refractivity contribution in [3.8, 4) is 11.1 Å². The molecule has 0 bridgehead atoms. The average molecular weight is 413 g/mol. The van der Waals surface area contributed by atoms with E-state index in [0.29, 0.717) is 38.9 Å². The summed E-state index contributed by atoms with van der Waals surface area (Å²) in [6.45, 7) is 3.90. The SMILES string of the molecule is CC(C)c1[nH]c(=O)c(-c2cc(Cl)ccc2F)cc1Nc1ccnc2[nH]nc(N)c12. The molecular weight excluding hydrogens is 395 g/mol. The molecule has 0 radical (unpaired) electrons. The first-order valence-electron chi connectivity index (χ1n) is 8.93. The van der Waals surface area contributed by atoms with Gasteiger partial charge in [0.15, 0.2) is 11.5 Å². The fourth-order valence-corrected chi connectivity index (χ4v) is 3.40. The molecule has 0 aliphatic rings. The summed E-state index contributed by atoms with van der Waals surface area (Å²) in [5.41, 5.74) is 8.34. The van der Waals surface area contributed by atoms with Crippen LogP contribution in [0.25, 0.3) is 22.2 Å². The summed E-state index contributed by atoms with van der Waals surface area (Å²) >= 11 is 6.01.